The molecule has 0 aliphatic carbocycles. The fraction of sp³-hybridized carbons (Fsp3) is 0.103. The van der Waals surface area contributed by atoms with Gasteiger partial charge in [0.1, 0.15) is 11.4 Å². The number of para-hydroxylation sites is 1. The van der Waals surface area contributed by atoms with Gasteiger partial charge in [0, 0.05) is 29.0 Å². The molecule has 6 rings (SSSR count). The maximum absolute atomic E-state index is 14.1. The molecule has 0 saturated carbocycles. The number of fused-ring (bicyclic) bond motifs is 2. The zero-order valence-corrected chi connectivity index (χ0v) is 22.3. The maximum Gasteiger partial charge on any atom is 0.267 e. The van der Waals surface area contributed by atoms with Gasteiger partial charge in [0.05, 0.1) is 22.6 Å². The third-order valence-corrected chi connectivity index (χ3v) is 7.12. The summed E-state index contributed by atoms with van der Waals surface area (Å²) in [7, 11) is 0. The zero-order chi connectivity index (χ0) is 27.8. The number of benzene rings is 2. The second kappa shape index (κ2) is 10.1. The molecule has 0 aliphatic heterocycles. The van der Waals surface area contributed by atoms with E-state index < -0.39 is 11.9 Å². The Morgan fingerprint density at radius 3 is 2.67 bits per heavy atom. The van der Waals surface area contributed by atoms with Crippen molar-refractivity contribution in [2.45, 2.75) is 19.9 Å². The number of rotatable bonds is 4. The van der Waals surface area contributed by atoms with E-state index in [0.29, 0.717) is 38.6 Å². The second-order valence-corrected chi connectivity index (χ2v) is 9.89. The van der Waals surface area contributed by atoms with Crippen LogP contribution in [0.2, 0.25) is 0 Å². The first kappa shape index (κ1) is 25.0. The molecule has 40 heavy (non-hydrogen) atoms. The molecular weight excluding hydrogens is 524 g/mol. The molecule has 0 bridgehead atoms. The Kier molecular flexibility index (Phi) is 6.30. The van der Waals surface area contributed by atoms with Crippen molar-refractivity contribution < 1.29 is 4.79 Å². The number of amides is 1. The van der Waals surface area contributed by atoms with E-state index >= 15 is 0 Å². The number of hydrogen-bond donors (Lipinski definition) is 2. The Balaban J connectivity index is 1.48. The van der Waals surface area contributed by atoms with Gasteiger partial charge in [0.2, 0.25) is 0 Å². The van der Waals surface area contributed by atoms with Crippen LogP contribution in [0.3, 0.4) is 0 Å². The first-order valence-corrected chi connectivity index (χ1v) is 13.2. The van der Waals surface area contributed by atoms with Gasteiger partial charge in [-0.1, -0.05) is 30.2 Å². The Bertz CT molecular complexity index is 2030. The third-order valence-electron chi connectivity index (χ3n) is 6.25. The summed E-state index contributed by atoms with van der Waals surface area (Å²) in [6, 6.07) is 15.5. The molecule has 0 saturated heterocycles. The largest absolute Gasteiger partial charge is 0.381 e. The number of nitrogen functional groups attached to an aromatic ring is 1. The van der Waals surface area contributed by atoms with E-state index in [1.165, 1.54) is 20.4 Å². The Hall–Kier alpha value is -5.34. The molecule has 2 aromatic carbocycles. The molecule has 0 fully saturated rings. The highest BCUT2D eigenvalue weighted by molar-refractivity contribution is 7.10. The van der Waals surface area contributed by atoms with Crippen LogP contribution in [0.1, 0.15) is 45.4 Å². The molecule has 0 spiro atoms. The highest BCUT2D eigenvalue weighted by Crippen LogP contribution is 2.22. The summed E-state index contributed by atoms with van der Waals surface area (Å²) >= 11 is 1.45. The molecule has 4 aromatic heterocycles. The number of nitrogens with zero attached hydrogens (tertiary/aromatic N) is 6. The van der Waals surface area contributed by atoms with Gasteiger partial charge in [-0.25, -0.2) is 19.5 Å². The SMILES string of the molecule is Cc1csc(C#Cc2cccc3nc(C(C)NC(=O)c4c(N)nn5cccnc45)n(-c4ccccc4)c(=O)c23)n1. The van der Waals surface area contributed by atoms with E-state index in [2.05, 4.69) is 32.2 Å². The number of hydrogen-bond acceptors (Lipinski definition) is 8. The lowest BCUT2D eigenvalue weighted by Crippen LogP contribution is -2.33. The molecule has 6 aromatic rings. The quantitative estimate of drug-likeness (QED) is 0.322. The number of anilines is 1. The summed E-state index contributed by atoms with van der Waals surface area (Å²) in [5.41, 5.74) is 8.74. The van der Waals surface area contributed by atoms with Gasteiger partial charge in [-0.2, -0.15) is 0 Å². The van der Waals surface area contributed by atoms with Crippen molar-refractivity contribution in [1.82, 2.24) is 34.4 Å². The molecule has 196 valence electrons. The first-order chi connectivity index (χ1) is 19.4. The molecule has 1 atom stereocenters. The highest BCUT2D eigenvalue weighted by atomic mass is 32.1. The summed E-state index contributed by atoms with van der Waals surface area (Å²) in [6.07, 6.45) is 3.22. The van der Waals surface area contributed by atoms with Crippen LogP contribution in [-0.2, 0) is 0 Å². The summed E-state index contributed by atoms with van der Waals surface area (Å²) in [6.45, 7) is 3.67. The Morgan fingerprint density at radius 2 is 1.90 bits per heavy atom. The van der Waals surface area contributed by atoms with Crippen LogP contribution in [0.25, 0.3) is 22.2 Å². The van der Waals surface area contributed by atoms with E-state index in [0.717, 1.165) is 5.69 Å². The number of carbonyl (C=O) groups is 1. The van der Waals surface area contributed by atoms with Gasteiger partial charge in [0.25, 0.3) is 11.5 Å². The molecule has 3 N–H and O–H groups in total. The lowest BCUT2D eigenvalue weighted by Gasteiger charge is -2.20. The second-order valence-electron chi connectivity index (χ2n) is 9.03. The Morgan fingerprint density at radius 1 is 1.07 bits per heavy atom. The fourth-order valence-electron chi connectivity index (χ4n) is 4.46. The minimum atomic E-state index is -0.684. The third kappa shape index (κ3) is 4.46. The number of nitrogens with one attached hydrogen (secondary N) is 1. The number of thiazole rings is 1. The van der Waals surface area contributed by atoms with Crippen LogP contribution in [0.15, 0.2) is 77.2 Å². The van der Waals surface area contributed by atoms with Gasteiger partial charge in [-0.15, -0.1) is 16.4 Å². The molecular formula is C29H22N8O2S. The highest BCUT2D eigenvalue weighted by Gasteiger charge is 2.24. The van der Waals surface area contributed by atoms with E-state index in [1.807, 2.05) is 42.6 Å². The van der Waals surface area contributed by atoms with Crippen molar-refractivity contribution in [3.63, 3.8) is 0 Å². The molecule has 4 heterocycles. The predicted octanol–water partition coefficient (Wildman–Crippen LogP) is 3.67. The maximum atomic E-state index is 14.1. The minimum absolute atomic E-state index is 0.0500. The standard InChI is InChI=1S/C29H22N8O2S/c1-17-16-40-22(32-17)13-12-19-8-6-11-21-23(19)29(39)37(20-9-4-3-5-10-20)26(34-21)18(2)33-28(38)24-25(30)35-36-15-7-14-31-27(24)36/h3-11,14-16,18H,1-2H3,(H2,30,35)(H,33,38). The van der Waals surface area contributed by atoms with Crippen molar-refractivity contribution in [2.24, 2.45) is 0 Å². The molecule has 1 amide bonds. The van der Waals surface area contributed by atoms with Gasteiger partial charge in [-0.3, -0.25) is 14.2 Å². The number of nitrogens with two attached hydrogens (primary N) is 1. The average Bonchev–Trinajstić information content (AvgIpc) is 3.53. The Labute approximate surface area is 232 Å². The van der Waals surface area contributed by atoms with E-state index in [4.69, 9.17) is 10.7 Å². The summed E-state index contributed by atoms with van der Waals surface area (Å²) in [5.74, 6) is 6.08. The van der Waals surface area contributed by atoms with Crippen LogP contribution in [0, 0.1) is 18.8 Å². The van der Waals surface area contributed by atoms with Crippen molar-refractivity contribution in [3.8, 4) is 17.5 Å². The lowest BCUT2D eigenvalue weighted by molar-refractivity contribution is 0.0940. The van der Waals surface area contributed by atoms with Gasteiger partial charge >= 0.3 is 0 Å². The number of carbonyl (C=O) groups excluding carboxylic acids is 1. The van der Waals surface area contributed by atoms with Crippen LogP contribution in [0.4, 0.5) is 5.82 Å². The molecule has 0 radical (unpaired) electrons. The predicted molar refractivity (Wildman–Crippen MR) is 153 cm³/mol. The normalized spacial score (nSPS) is 11.8. The summed E-state index contributed by atoms with van der Waals surface area (Å²) < 4.78 is 2.95. The van der Waals surface area contributed by atoms with E-state index in [9.17, 15) is 9.59 Å². The average molecular weight is 547 g/mol. The van der Waals surface area contributed by atoms with Gasteiger partial charge in [-0.05, 0) is 50.1 Å². The van der Waals surface area contributed by atoms with Crippen LogP contribution in [-0.4, -0.2) is 35.0 Å². The minimum Gasteiger partial charge on any atom is -0.381 e. The lowest BCUT2D eigenvalue weighted by atomic mass is 10.1. The van der Waals surface area contributed by atoms with Gasteiger partial charge < -0.3 is 11.1 Å². The smallest absolute Gasteiger partial charge is 0.267 e. The summed E-state index contributed by atoms with van der Waals surface area (Å²) in [5, 5.41) is 10.1. The van der Waals surface area contributed by atoms with Crippen molar-refractivity contribution >= 4 is 39.6 Å². The van der Waals surface area contributed by atoms with E-state index in [-0.39, 0.29) is 16.9 Å². The van der Waals surface area contributed by atoms with Crippen LogP contribution < -0.4 is 16.6 Å². The fourth-order valence-corrected chi connectivity index (χ4v) is 5.10. The first-order valence-electron chi connectivity index (χ1n) is 12.4. The molecule has 1 unspecified atom stereocenters. The number of aryl methyl sites for hydroxylation is 1. The topological polar surface area (TPSA) is 133 Å². The van der Waals surface area contributed by atoms with Crippen LogP contribution >= 0.6 is 11.3 Å². The number of aromatic nitrogens is 6. The van der Waals surface area contributed by atoms with Crippen molar-refractivity contribution in [3.05, 3.63) is 110 Å². The van der Waals surface area contributed by atoms with Crippen molar-refractivity contribution in [2.75, 3.05) is 5.73 Å². The summed E-state index contributed by atoms with van der Waals surface area (Å²) in [4.78, 5) is 41.0. The molecule has 11 heteroatoms. The van der Waals surface area contributed by atoms with Crippen LogP contribution in [0.5, 0.6) is 0 Å². The van der Waals surface area contributed by atoms with Gasteiger partial charge in [0.15, 0.2) is 16.5 Å². The van der Waals surface area contributed by atoms with Crippen molar-refractivity contribution in [1.29, 1.82) is 0 Å². The monoisotopic (exact) mass is 546 g/mol. The zero-order valence-electron chi connectivity index (χ0n) is 21.5. The molecule has 10 nitrogen and oxygen atoms in total. The van der Waals surface area contributed by atoms with E-state index in [1.54, 1.807) is 43.6 Å². The molecule has 0 aliphatic rings.